The summed E-state index contributed by atoms with van der Waals surface area (Å²) in [6.45, 7) is 3.83. The van der Waals surface area contributed by atoms with E-state index in [1.165, 1.54) is 11.1 Å². The van der Waals surface area contributed by atoms with Crippen molar-refractivity contribution in [1.82, 2.24) is 15.6 Å². The Bertz CT molecular complexity index is 932. The number of nitrogens with zero attached hydrogens (tertiary/aromatic N) is 3. The largest absolute Gasteiger partial charge is 0.297 e. The number of hydrogen-bond donors (Lipinski definition) is 1. The maximum absolute atomic E-state index is 12.9. The van der Waals surface area contributed by atoms with Crippen molar-refractivity contribution in [2.45, 2.75) is 25.2 Å². The molecular weight excluding hydrogens is 324 g/mol. The molecule has 1 aromatic carbocycles. The predicted molar refractivity (Wildman–Crippen MR) is 102 cm³/mol. The molecule has 1 N–H and O–H groups in total. The Hall–Kier alpha value is -3.10. The molecule has 4 rings (SSSR count). The summed E-state index contributed by atoms with van der Waals surface area (Å²) in [5.41, 5.74) is 7.81. The van der Waals surface area contributed by atoms with Gasteiger partial charge < -0.3 is 0 Å². The summed E-state index contributed by atoms with van der Waals surface area (Å²) < 4.78 is 0. The van der Waals surface area contributed by atoms with Crippen molar-refractivity contribution in [2.24, 2.45) is 4.99 Å². The summed E-state index contributed by atoms with van der Waals surface area (Å²) in [5, 5.41) is 3.59. The lowest BCUT2D eigenvalue weighted by Crippen LogP contribution is -2.39. The van der Waals surface area contributed by atoms with Crippen molar-refractivity contribution < 1.29 is 4.79 Å². The van der Waals surface area contributed by atoms with Gasteiger partial charge in [-0.2, -0.15) is 0 Å². The van der Waals surface area contributed by atoms with E-state index in [0.29, 0.717) is 18.0 Å². The van der Waals surface area contributed by atoms with E-state index in [1.54, 1.807) is 22.2 Å². The first kappa shape index (κ1) is 16.4. The molecule has 2 heterocycles. The second-order valence-electron chi connectivity index (χ2n) is 6.72. The molecule has 0 saturated heterocycles. The maximum Gasteiger partial charge on any atom is 0.181 e. The van der Waals surface area contributed by atoms with Crippen LogP contribution in [0.5, 0.6) is 0 Å². The van der Waals surface area contributed by atoms with Gasteiger partial charge in [-0.15, -0.1) is 12.0 Å². The molecule has 0 radical (unpaired) electrons. The summed E-state index contributed by atoms with van der Waals surface area (Å²) in [6.07, 6.45) is 13.2. The number of aliphatic imine (C=N–C) groups is 1. The molecule has 26 heavy (non-hydrogen) atoms. The third-order valence-electron chi connectivity index (χ3n) is 5.01. The number of Topliss-reactive ketones (excluding diaryl/α,β-unsaturated/α-hetero) is 1. The van der Waals surface area contributed by atoms with E-state index < -0.39 is 0 Å². The Morgan fingerprint density at radius 1 is 1.54 bits per heavy atom. The molecule has 0 unspecified atom stereocenters. The number of ketones is 1. The molecule has 1 aromatic rings. The number of aryl methyl sites for hydroxylation is 1. The molecule has 0 bridgehead atoms. The van der Waals surface area contributed by atoms with Crippen LogP contribution in [0.4, 0.5) is 0 Å². The maximum atomic E-state index is 12.9. The van der Waals surface area contributed by atoms with Gasteiger partial charge in [0.25, 0.3) is 0 Å². The monoisotopic (exact) mass is 344 g/mol. The van der Waals surface area contributed by atoms with Crippen molar-refractivity contribution >= 4 is 11.5 Å². The van der Waals surface area contributed by atoms with Gasteiger partial charge in [0.15, 0.2) is 11.6 Å². The highest BCUT2D eigenvalue weighted by Gasteiger charge is 2.30. The standard InChI is InChI=1S/C21H20N4O/c1-4-14-6-9-18-15(10-14)7-8-16(18)11-20(26)19-12-17(5-2)25-21(22-19)13-24(3)23-25/h1,5-6,9-10,12-13,16,23H,2,7-8,11H2,3H3/t16-/m1/s1. The topological polar surface area (TPSA) is 47.9 Å². The molecule has 0 amide bonds. The van der Waals surface area contributed by atoms with Gasteiger partial charge in [0.2, 0.25) is 0 Å². The summed E-state index contributed by atoms with van der Waals surface area (Å²) in [7, 11) is 1.88. The molecule has 0 spiro atoms. The van der Waals surface area contributed by atoms with E-state index in [0.717, 1.165) is 24.1 Å². The van der Waals surface area contributed by atoms with Crippen molar-refractivity contribution in [3.8, 4) is 12.3 Å². The smallest absolute Gasteiger partial charge is 0.181 e. The van der Waals surface area contributed by atoms with Gasteiger partial charge in [0, 0.05) is 19.0 Å². The number of allylic oxidation sites excluding steroid dienone is 2. The first-order valence-corrected chi connectivity index (χ1v) is 8.65. The third-order valence-corrected chi connectivity index (χ3v) is 5.01. The number of carbonyl (C=O) groups is 1. The third kappa shape index (κ3) is 2.75. The highest BCUT2D eigenvalue weighted by atomic mass is 16.1. The van der Waals surface area contributed by atoms with Crippen LogP contribution in [0.25, 0.3) is 0 Å². The van der Waals surface area contributed by atoms with E-state index in [-0.39, 0.29) is 11.7 Å². The summed E-state index contributed by atoms with van der Waals surface area (Å²) in [6, 6.07) is 6.10. The molecule has 130 valence electrons. The van der Waals surface area contributed by atoms with Crippen LogP contribution in [-0.2, 0) is 11.2 Å². The van der Waals surface area contributed by atoms with Crippen LogP contribution in [0.2, 0.25) is 0 Å². The number of carbonyl (C=O) groups excluding carboxylic acids is 1. The normalized spacial score (nSPS) is 20.6. The minimum Gasteiger partial charge on any atom is -0.297 e. The molecule has 0 aromatic heterocycles. The lowest BCUT2D eigenvalue weighted by atomic mass is 9.93. The van der Waals surface area contributed by atoms with Crippen LogP contribution in [0.1, 0.15) is 35.4 Å². The predicted octanol–water partition coefficient (Wildman–Crippen LogP) is 2.65. The van der Waals surface area contributed by atoms with E-state index in [4.69, 9.17) is 6.42 Å². The number of hydrogen-bond acceptors (Lipinski definition) is 5. The van der Waals surface area contributed by atoms with Gasteiger partial charge in [-0.25, -0.2) is 10.0 Å². The van der Waals surface area contributed by atoms with E-state index in [2.05, 4.69) is 35.2 Å². The first-order valence-electron chi connectivity index (χ1n) is 8.65. The molecule has 1 atom stereocenters. The van der Waals surface area contributed by atoms with Crippen LogP contribution in [-0.4, -0.2) is 28.6 Å². The lowest BCUT2D eigenvalue weighted by molar-refractivity contribution is -0.113. The van der Waals surface area contributed by atoms with E-state index >= 15 is 0 Å². The lowest BCUT2D eigenvalue weighted by Gasteiger charge is -2.25. The SMILES string of the molecule is C#Cc1ccc2c(c1)CC[C@@H]2CC(=O)C1=NC2=CN(C)NN2C(C=C)=C1. The molecule has 0 saturated carbocycles. The van der Waals surface area contributed by atoms with Crippen molar-refractivity contribution in [3.05, 3.63) is 71.3 Å². The van der Waals surface area contributed by atoms with Crippen LogP contribution >= 0.6 is 0 Å². The van der Waals surface area contributed by atoms with Crippen LogP contribution in [0.15, 0.2) is 59.6 Å². The zero-order valence-electron chi connectivity index (χ0n) is 14.7. The Morgan fingerprint density at radius 3 is 3.15 bits per heavy atom. The Morgan fingerprint density at radius 2 is 2.38 bits per heavy atom. The van der Waals surface area contributed by atoms with Crippen molar-refractivity contribution in [1.29, 1.82) is 0 Å². The summed E-state index contributed by atoms with van der Waals surface area (Å²) in [5.74, 6) is 3.65. The summed E-state index contributed by atoms with van der Waals surface area (Å²) >= 11 is 0. The zero-order valence-corrected chi connectivity index (χ0v) is 14.7. The number of terminal acetylenes is 1. The van der Waals surface area contributed by atoms with Gasteiger partial charge in [-0.05, 0) is 54.2 Å². The molecular formula is C21H20N4O. The number of hydrazine groups is 2. The minimum absolute atomic E-state index is 0.0540. The van der Waals surface area contributed by atoms with Crippen LogP contribution < -0.4 is 5.53 Å². The molecule has 0 fully saturated rings. The number of benzene rings is 1. The highest BCUT2D eigenvalue weighted by molar-refractivity contribution is 6.45. The van der Waals surface area contributed by atoms with Gasteiger partial charge in [0.1, 0.15) is 5.71 Å². The molecule has 3 aliphatic rings. The Balaban J connectivity index is 1.56. The fourth-order valence-electron chi connectivity index (χ4n) is 3.73. The van der Waals surface area contributed by atoms with Crippen molar-refractivity contribution in [3.63, 3.8) is 0 Å². The van der Waals surface area contributed by atoms with Crippen LogP contribution in [0.3, 0.4) is 0 Å². The zero-order chi connectivity index (χ0) is 18.3. The Labute approximate surface area is 153 Å². The van der Waals surface area contributed by atoms with Gasteiger partial charge in [-0.1, -0.05) is 18.6 Å². The van der Waals surface area contributed by atoms with Crippen molar-refractivity contribution in [2.75, 3.05) is 7.05 Å². The van der Waals surface area contributed by atoms with Crippen LogP contribution in [0, 0.1) is 12.3 Å². The minimum atomic E-state index is 0.0540. The Kier molecular flexibility index (Phi) is 3.98. The highest BCUT2D eigenvalue weighted by Crippen LogP contribution is 2.36. The quantitative estimate of drug-likeness (QED) is 0.853. The van der Waals surface area contributed by atoms with Gasteiger partial charge >= 0.3 is 0 Å². The van der Waals surface area contributed by atoms with E-state index in [9.17, 15) is 4.79 Å². The summed E-state index contributed by atoms with van der Waals surface area (Å²) in [4.78, 5) is 17.4. The fourth-order valence-corrected chi connectivity index (χ4v) is 3.73. The number of nitrogens with one attached hydrogen (secondary N) is 1. The van der Waals surface area contributed by atoms with Gasteiger partial charge in [-0.3, -0.25) is 9.80 Å². The molecule has 1 aliphatic carbocycles. The average Bonchev–Trinajstić information content (AvgIpc) is 3.22. The first-order chi connectivity index (χ1) is 12.6. The van der Waals surface area contributed by atoms with E-state index in [1.807, 2.05) is 19.3 Å². The molecule has 2 aliphatic heterocycles. The average molecular weight is 344 g/mol. The number of rotatable bonds is 4. The fraction of sp³-hybridized carbons (Fsp3) is 0.238. The molecule has 5 heteroatoms. The second-order valence-corrected chi connectivity index (χ2v) is 6.72. The number of fused-ring (bicyclic) bond motifs is 2. The second kappa shape index (κ2) is 6.32. The van der Waals surface area contributed by atoms with Gasteiger partial charge in [0.05, 0.1) is 11.9 Å². The molecule has 5 nitrogen and oxygen atoms in total.